The number of fused-ring (bicyclic) bond motifs is 5. The van der Waals surface area contributed by atoms with Gasteiger partial charge in [-0.1, -0.05) is 67.8 Å². The Hall–Kier alpha value is -2.62. The first-order valence-electron chi connectivity index (χ1n) is 17.6. The molecule has 1 aromatic carbocycles. The number of carbonyl (C=O) groups excluding carboxylic acids is 1. The van der Waals surface area contributed by atoms with Crippen LogP contribution in [0.2, 0.25) is 0 Å². The average Bonchev–Trinajstić information content (AvgIpc) is 3.31. The molecule has 4 aliphatic carbocycles. The molecule has 0 aromatic heterocycles. The van der Waals surface area contributed by atoms with Gasteiger partial charge in [0.15, 0.2) is 6.61 Å². The molecule has 0 bridgehead atoms. The van der Waals surface area contributed by atoms with E-state index in [0.717, 1.165) is 76.5 Å². The van der Waals surface area contributed by atoms with Crippen LogP contribution in [0.1, 0.15) is 97.5 Å². The lowest BCUT2D eigenvalue weighted by Crippen LogP contribution is -2.54. The van der Waals surface area contributed by atoms with E-state index in [2.05, 4.69) is 92.4 Å². The molecule has 2 N–H and O–H groups in total. The summed E-state index contributed by atoms with van der Waals surface area (Å²) in [6.07, 6.45) is 18.2. The maximum Gasteiger partial charge on any atom is 0.260 e. The van der Waals surface area contributed by atoms with Crippen molar-refractivity contribution in [1.82, 2.24) is 10.2 Å². The predicted octanol–water partition coefficient (Wildman–Crippen LogP) is 6.49. The zero-order chi connectivity index (χ0) is 32.0. The van der Waals surface area contributed by atoms with Crippen molar-refractivity contribution in [2.45, 2.75) is 109 Å². The van der Waals surface area contributed by atoms with Gasteiger partial charge in [-0.3, -0.25) is 4.79 Å². The van der Waals surface area contributed by atoms with Crippen molar-refractivity contribution in [3.05, 3.63) is 47.5 Å². The number of benzene rings is 1. The van der Waals surface area contributed by atoms with Gasteiger partial charge in [0.05, 0.1) is 5.71 Å². The molecule has 1 aliphatic heterocycles. The van der Waals surface area contributed by atoms with E-state index in [1.165, 1.54) is 11.1 Å². The van der Waals surface area contributed by atoms with Crippen LogP contribution in [-0.2, 0) is 15.0 Å². The molecule has 1 saturated heterocycles. The number of rotatable bonds is 7. The fourth-order valence-corrected chi connectivity index (χ4v) is 10.9. The Kier molecular flexibility index (Phi) is 8.76. The van der Waals surface area contributed by atoms with E-state index in [-0.39, 0.29) is 28.8 Å². The quantitative estimate of drug-likeness (QED) is 0.272. The van der Waals surface area contributed by atoms with Crippen molar-refractivity contribution in [3.8, 4) is 12.3 Å². The van der Waals surface area contributed by atoms with Gasteiger partial charge in [-0.05, 0) is 119 Å². The van der Waals surface area contributed by atoms with Crippen molar-refractivity contribution in [3.63, 3.8) is 0 Å². The minimum atomic E-state index is -0.955. The molecule has 0 spiro atoms. The zero-order valence-electron chi connectivity index (χ0n) is 28.3. The fourth-order valence-electron chi connectivity index (χ4n) is 10.9. The minimum absolute atomic E-state index is 0.0404. The maximum atomic E-state index is 12.8. The van der Waals surface area contributed by atoms with Gasteiger partial charge in [0.1, 0.15) is 5.60 Å². The SMILES string of the molecule is C#C[C@]1(O)CC[C@H]2[C@@H]3CCC4=C/C(=N\OCC(=O)NCC[C@@]5(c6ccccc6)C[C@@H](C)N(C)C[C@H]5C)CC[C@]4(C)[C@H]3CC[C@@]21C. The van der Waals surface area contributed by atoms with Crippen LogP contribution in [0.4, 0.5) is 0 Å². The molecule has 1 amide bonds. The van der Waals surface area contributed by atoms with Gasteiger partial charge in [0.25, 0.3) is 5.91 Å². The van der Waals surface area contributed by atoms with E-state index in [9.17, 15) is 9.90 Å². The summed E-state index contributed by atoms with van der Waals surface area (Å²) in [5.74, 6) is 4.92. The number of terminal acetylenes is 1. The number of piperidine rings is 1. The molecule has 0 unspecified atom stereocenters. The highest BCUT2D eigenvalue weighted by atomic mass is 16.6. The number of carbonyl (C=O) groups is 1. The number of hydrogen-bond donors (Lipinski definition) is 2. The summed E-state index contributed by atoms with van der Waals surface area (Å²) in [4.78, 5) is 20.9. The number of aliphatic hydroxyl groups is 1. The summed E-state index contributed by atoms with van der Waals surface area (Å²) in [7, 11) is 2.21. The van der Waals surface area contributed by atoms with Crippen LogP contribution in [0.25, 0.3) is 0 Å². The Morgan fingerprint density at radius 3 is 2.62 bits per heavy atom. The number of amides is 1. The van der Waals surface area contributed by atoms with Crippen LogP contribution >= 0.6 is 0 Å². The molecule has 6 rings (SSSR count). The molecule has 1 aromatic rings. The standard InChI is InChI=1S/C39H55N3O3/c1-7-39(44)20-17-34-32-14-13-30-23-31(15-18-36(30,4)33(32)16-19-37(34,39)5)41-45-26-35(43)40-22-21-38(29-11-9-8-10-12-29)24-28(3)42(6)25-27(38)2/h1,8-12,23,27-28,32-34,44H,13-22,24-26H2,2-6H3,(H,40,43)/b41-31-/t27-,28-,32-,33+,34+,36+,37+,38-,39+/m1/s1. The second kappa shape index (κ2) is 12.2. The number of oxime groups is 1. The lowest BCUT2D eigenvalue weighted by atomic mass is 9.46. The van der Waals surface area contributed by atoms with E-state index in [1.54, 1.807) is 0 Å². The lowest BCUT2D eigenvalue weighted by Gasteiger charge is -2.58. The van der Waals surface area contributed by atoms with E-state index in [4.69, 9.17) is 11.3 Å². The van der Waals surface area contributed by atoms with Gasteiger partial charge < -0.3 is 20.2 Å². The highest BCUT2D eigenvalue weighted by molar-refractivity contribution is 5.96. The highest BCUT2D eigenvalue weighted by Crippen LogP contribution is 2.67. The lowest BCUT2D eigenvalue weighted by molar-refractivity contribution is -0.125. The van der Waals surface area contributed by atoms with Gasteiger partial charge in [0.2, 0.25) is 0 Å². The first-order chi connectivity index (χ1) is 21.5. The molecule has 0 radical (unpaired) electrons. The summed E-state index contributed by atoms with van der Waals surface area (Å²) in [5, 5.41) is 18.9. The molecule has 5 aliphatic rings. The molecular formula is C39H55N3O3. The van der Waals surface area contributed by atoms with Gasteiger partial charge in [0, 0.05) is 30.0 Å². The molecule has 9 atom stereocenters. The van der Waals surface area contributed by atoms with Crippen LogP contribution < -0.4 is 5.32 Å². The van der Waals surface area contributed by atoms with Crippen molar-refractivity contribution in [2.75, 3.05) is 26.7 Å². The monoisotopic (exact) mass is 613 g/mol. The topological polar surface area (TPSA) is 74.2 Å². The molecular weight excluding hydrogens is 558 g/mol. The van der Waals surface area contributed by atoms with Crippen LogP contribution in [0.3, 0.4) is 0 Å². The molecule has 3 saturated carbocycles. The highest BCUT2D eigenvalue weighted by Gasteiger charge is 2.63. The summed E-state index contributed by atoms with van der Waals surface area (Å²) >= 11 is 0. The number of likely N-dealkylation sites (tertiary alicyclic amines) is 1. The van der Waals surface area contributed by atoms with E-state index in [1.807, 2.05) is 0 Å². The first-order valence-corrected chi connectivity index (χ1v) is 17.6. The van der Waals surface area contributed by atoms with Crippen molar-refractivity contribution < 1.29 is 14.7 Å². The molecule has 6 nitrogen and oxygen atoms in total. The number of allylic oxidation sites excluding steroid dienone is 2. The van der Waals surface area contributed by atoms with Gasteiger partial charge in [-0.2, -0.15) is 0 Å². The van der Waals surface area contributed by atoms with Crippen LogP contribution in [0, 0.1) is 46.8 Å². The second-order valence-corrected chi connectivity index (χ2v) is 15.9. The van der Waals surface area contributed by atoms with E-state index in [0.29, 0.717) is 36.3 Å². The minimum Gasteiger partial charge on any atom is -0.385 e. The van der Waals surface area contributed by atoms with Crippen LogP contribution in [0.5, 0.6) is 0 Å². The Bertz CT molecular complexity index is 1370. The fraction of sp³-hybridized carbons (Fsp3) is 0.692. The maximum absolute atomic E-state index is 12.8. The molecule has 1 heterocycles. The van der Waals surface area contributed by atoms with Crippen LogP contribution in [0.15, 0.2) is 47.1 Å². The second-order valence-electron chi connectivity index (χ2n) is 15.9. The van der Waals surface area contributed by atoms with E-state index < -0.39 is 5.60 Å². The Labute approximate surface area is 271 Å². The Morgan fingerprint density at radius 1 is 1.11 bits per heavy atom. The largest absolute Gasteiger partial charge is 0.385 e. The van der Waals surface area contributed by atoms with Crippen molar-refractivity contribution >= 4 is 11.6 Å². The Morgan fingerprint density at radius 2 is 1.87 bits per heavy atom. The summed E-state index contributed by atoms with van der Waals surface area (Å²) in [5.41, 5.74) is 2.90. The third-order valence-corrected chi connectivity index (χ3v) is 13.9. The van der Waals surface area contributed by atoms with Gasteiger partial charge in [-0.15, -0.1) is 6.42 Å². The molecule has 6 heteroatoms. The normalized spacial score (nSPS) is 42.1. The number of nitrogens with zero attached hydrogens (tertiary/aromatic N) is 2. The van der Waals surface area contributed by atoms with Gasteiger partial charge in [-0.25, -0.2) is 0 Å². The van der Waals surface area contributed by atoms with Crippen LogP contribution in [-0.4, -0.2) is 60.0 Å². The average molecular weight is 614 g/mol. The smallest absolute Gasteiger partial charge is 0.260 e. The van der Waals surface area contributed by atoms with Crippen molar-refractivity contribution in [1.29, 1.82) is 0 Å². The molecule has 244 valence electrons. The summed E-state index contributed by atoms with van der Waals surface area (Å²) < 4.78 is 0. The zero-order valence-corrected chi connectivity index (χ0v) is 28.3. The molecule has 4 fully saturated rings. The van der Waals surface area contributed by atoms with Gasteiger partial charge >= 0.3 is 0 Å². The number of hydrogen-bond acceptors (Lipinski definition) is 5. The predicted molar refractivity (Wildman–Crippen MR) is 180 cm³/mol. The molecule has 45 heavy (non-hydrogen) atoms. The number of nitrogens with one attached hydrogen (secondary N) is 1. The summed E-state index contributed by atoms with van der Waals surface area (Å²) in [6.45, 7) is 11.0. The Balaban J connectivity index is 1.04. The third-order valence-electron chi connectivity index (χ3n) is 13.9. The third kappa shape index (κ3) is 5.46. The summed E-state index contributed by atoms with van der Waals surface area (Å²) in [6, 6.07) is 11.3. The van der Waals surface area contributed by atoms with E-state index >= 15 is 0 Å². The first kappa shape index (κ1) is 32.3. The van der Waals surface area contributed by atoms with Crippen molar-refractivity contribution in [2.24, 2.45) is 39.7 Å².